The van der Waals surface area contributed by atoms with Crippen LogP contribution in [0.15, 0.2) is 24.3 Å². The molecule has 0 saturated carbocycles. The lowest BCUT2D eigenvalue weighted by molar-refractivity contribution is -0.116. The third-order valence-electron chi connectivity index (χ3n) is 3.65. The Morgan fingerprint density at radius 2 is 2.21 bits per heavy atom. The zero-order valence-electron chi connectivity index (χ0n) is 11.7. The van der Waals surface area contributed by atoms with Gasteiger partial charge in [0.2, 0.25) is 5.91 Å². The number of anilines is 1. The van der Waals surface area contributed by atoms with Gasteiger partial charge in [-0.1, -0.05) is 38.0 Å². The molecule has 1 heterocycles. The quantitative estimate of drug-likeness (QED) is 0.854. The van der Waals surface area contributed by atoms with Crippen molar-refractivity contribution in [2.24, 2.45) is 0 Å². The van der Waals surface area contributed by atoms with Crippen LogP contribution in [0.4, 0.5) is 5.69 Å². The predicted octanol–water partition coefficient (Wildman–Crippen LogP) is 3.11. The lowest BCUT2D eigenvalue weighted by Gasteiger charge is -2.23. The molecule has 19 heavy (non-hydrogen) atoms. The molecule has 3 heteroatoms. The van der Waals surface area contributed by atoms with Crippen LogP contribution in [0.5, 0.6) is 0 Å². The fourth-order valence-electron chi connectivity index (χ4n) is 2.65. The van der Waals surface area contributed by atoms with Crippen molar-refractivity contribution < 1.29 is 4.79 Å². The first-order valence-electron chi connectivity index (χ1n) is 7.40. The smallest absolute Gasteiger partial charge is 0.225 e. The molecule has 0 bridgehead atoms. The van der Waals surface area contributed by atoms with E-state index in [1.54, 1.807) is 0 Å². The fraction of sp³-hybridized carbons (Fsp3) is 0.562. The Morgan fingerprint density at radius 1 is 1.37 bits per heavy atom. The first-order valence-corrected chi connectivity index (χ1v) is 7.40. The zero-order valence-corrected chi connectivity index (χ0v) is 11.7. The van der Waals surface area contributed by atoms with Crippen LogP contribution in [-0.2, 0) is 11.2 Å². The summed E-state index contributed by atoms with van der Waals surface area (Å²) in [5.41, 5.74) is 2.21. The highest BCUT2D eigenvalue weighted by Crippen LogP contribution is 2.18. The lowest BCUT2D eigenvalue weighted by Crippen LogP contribution is -2.37. The first-order chi connectivity index (χ1) is 9.29. The highest BCUT2D eigenvalue weighted by molar-refractivity contribution is 5.91. The molecule has 0 aromatic heterocycles. The minimum Gasteiger partial charge on any atom is -0.326 e. The number of carbonyl (C=O) groups excluding carboxylic acids is 1. The molecule has 2 rings (SSSR count). The van der Waals surface area contributed by atoms with Crippen LogP contribution in [0.25, 0.3) is 0 Å². The second-order valence-electron chi connectivity index (χ2n) is 5.31. The molecule has 1 saturated heterocycles. The van der Waals surface area contributed by atoms with Gasteiger partial charge in [-0.25, -0.2) is 0 Å². The maximum absolute atomic E-state index is 12.1. The van der Waals surface area contributed by atoms with Crippen molar-refractivity contribution in [1.82, 2.24) is 5.32 Å². The third-order valence-corrected chi connectivity index (χ3v) is 3.65. The summed E-state index contributed by atoms with van der Waals surface area (Å²) in [4.78, 5) is 12.1. The number of nitrogens with one attached hydrogen (secondary N) is 2. The van der Waals surface area contributed by atoms with Crippen LogP contribution in [0, 0.1) is 0 Å². The van der Waals surface area contributed by atoms with Crippen molar-refractivity contribution in [1.29, 1.82) is 0 Å². The van der Waals surface area contributed by atoms with Gasteiger partial charge in [-0.3, -0.25) is 4.79 Å². The fourth-order valence-corrected chi connectivity index (χ4v) is 2.65. The minimum atomic E-state index is 0.128. The van der Waals surface area contributed by atoms with E-state index in [0.29, 0.717) is 12.5 Å². The Bertz CT molecular complexity index is 411. The Labute approximate surface area is 115 Å². The normalized spacial score (nSPS) is 19.1. The molecule has 3 nitrogen and oxygen atoms in total. The number of carbonyl (C=O) groups is 1. The van der Waals surface area contributed by atoms with Crippen LogP contribution < -0.4 is 10.6 Å². The Morgan fingerprint density at radius 3 is 2.95 bits per heavy atom. The van der Waals surface area contributed by atoms with E-state index < -0.39 is 0 Å². The largest absolute Gasteiger partial charge is 0.326 e. The third kappa shape index (κ3) is 4.35. The first kappa shape index (κ1) is 14.1. The number of hydrogen-bond acceptors (Lipinski definition) is 2. The molecule has 1 aliphatic rings. The van der Waals surface area contributed by atoms with Gasteiger partial charge >= 0.3 is 0 Å². The Kier molecular flexibility index (Phi) is 5.40. The van der Waals surface area contributed by atoms with E-state index in [9.17, 15) is 4.79 Å². The number of piperidine rings is 1. The van der Waals surface area contributed by atoms with E-state index in [2.05, 4.69) is 23.6 Å². The van der Waals surface area contributed by atoms with Gasteiger partial charge in [-0.05, 0) is 37.4 Å². The average Bonchev–Trinajstić information content (AvgIpc) is 2.42. The molecule has 1 aliphatic heterocycles. The summed E-state index contributed by atoms with van der Waals surface area (Å²) in [7, 11) is 0. The summed E-state index contributed by atoms with van der Waals surface area (Å²) in [5, 5.41) is 6.48. The summed E-state index contributed by atoms with van der Waals surface area (Å²) in [6.07, 6.45) is 6.27. The SMILES string of the molecule is CCCc1ccccc1NC(=O)CC1CCCCN1. The maximum Gasteiger partial charge on any atom is 0.225 e. The van der Waals surface area contributed by atoms with E-state index in [-0.39, 0.29) is 5.91 Å². The molecule has 0 aliphatic carbocycles. The summed E-state index contributed by atoms with van der Waals surface area (Å²) >= 11 is 0. The molecule has 0 spiro atoms. The monoisotopic (exact) mass is 260 g/mol. The van der Waals surface area contributed by atoms with Gasteiger partial charge in [0, 0.05) is 18.2 Å². The number of para-hydroxylation sites is 1. The minimum absolute atomic E-state index is 0.128. The highest BCUT2D eigenvalue weighted by atomic mass is 16.1. The Hall–Kier alpha value is -1.35. The van der Waals surface area contributed by atoms with E-state index in [1.807, 2.05) is 18.2 Å². The van der Waals surface area contributed by atoms with Crippen molar-refractivity contribution in [2.75, 3.05) is 11.9 Å². The van der Waals surface area contributed by atoms with Crippen molar-refractivity contribution >= 4 is 11.6 Å². The average molecular weight is 260 g/mol. The molecule has 1 amide bonds. The molecule has 0 radical (unpaired) electrons. The van der Waals surface area contributed by atoms with Crippen LogP contribution in [0.2, 0.25) is 0 Å². The van der Waals surface area contributed by atoms with Gasteiger partial charge in [0.05, 0.1) is 0 Å². The molecule has 1 aromatic carbocycles. The van der Waals surface area contributed by atoms with Crippen molar-refractivity contribution in [2.45, 2.75) is 51.5 Å². The van der Waals surface area contributed by atoms with Crippen molar-refractivity contribution in [3.8, 4) is 0 Å². The number of hydrogen-bond donors (Lipinski definition) is 2. The molecule has 1 atom stereocenters. The Balaban J connectivity index is 1.90. The number of rotatable bonds is 5. The maximum atomic E-state index is 12.1. The van der Waals surface area contributed by atoms with Crippen LogP contribution in [0.3, 0.4) is 0 Å². The van der Waals surface area contributed by atoms with Gasteiger partial charge < -0.3 is 10.6 Å². The topological polar surface area (TPSA) is 41.1 Å². The summed E-state index contributed by atoms with van der Waals surface area (Å²) in [6, 6.07) is 8.46. The van der Waals surface area contributed by atoms with Crippen molar-refractivity contribution in [3.63, 3.8) is 0 Å². The van der Waals surface area contributed by atoms with E-state index in [4.69, 9.17) is 0 Å². The summed E-state index contributed by atoms with van der Waals surface area (Å²) in [5.74, 6) is 0.128. The van der Waals surface area contributed by atoms with Gasteiger partial charge in [0.25, 0.3) is 0 Å². The van der Waals surface area contributed by atoms with Crippen LogP contribution in [0.1, 0.15) is 44.6 Å². The lowest BCUT2D eigenvalue weighted by atomic mass is 10.0. The number of amides is 1. The second kappa shape index (κ2) is 7.29. The zero-order chi connectivity index (χ0) is 13.5. The molecule has 1 unspecified atom stereocenters. The molecular formula is C16H24N2O. The van der Waals surface area contributed by atoms with Gasteiger partial charge in [-0.2, -0.15) is 0 Å². The number of benzene rings is 1. The summed E-state index contributed by atoms with van der Waals surface area (Å²) < 4.78 is 0. The van der Waals surface area contributed by atoms with Crippen LogP contribution >= 0.6 is 0 Å². The molecule has 2 N–H and O–H groups in total. The van der Waals surface area contributed by atoms with Gasteiger partial charge in [0.15, 0.2) is 0 Å². The van der Waals surface area contributed by atoms with Crippen LogP contribution in [-0.4, -0.2) is 18.5 Å². The molecule has 1 fully saturated rings. The standard InChI is InChI=1S/C16H24N2O/c1-2-7-13-8-3-4-10-15(13)18-16(19)12-14-9-5-6-11-17-14/h3-4,8,10,14,17H,2,5-7,9,11-12H2,1H3,(H,18,19). The molecular weight excluding hydrogens is 236 g/mol. The van der Waals surface area contributed by atoms with Crippen molar-refractivity contribution in [3.05, 3.63) is 29.8 Å². The van der Waals surface area contributed by atoms with E-state index in [1.165, 1.54) is 18.4 Å². The van der Waals surface area contributed by atoms with E-state index in [0.717, 1.165) is 31.5 Å². The predicted molar refractivity (Wildman–Crippen MR) is 79.3 cm³/mol. The van der Waals surface area contributed by atoms with E-state index >= 15 is 0 Å². The molecule has 104 valence electrons. The van der Waals surface area contributed by atoms with Gasteiger partial charge in [-0.15, -0.1) is 0 Å². The summed E-state index contributed by atoms with van der Waals surface area (Å²) in [6.45, 7) is 3.20. The molecule has 1 aromatic rings. The highest BCUT2D eigenvalue weighted by Gasteiger charge is 2.16. The number of aryl methyl sites for hydroxylation is 1. The van der Waals surface area contributed by atoms with Gasteiger partial charge in [0.1, 0.15) is 0 Å². The second-order valence-corrected chi connectivity index (χ2v) is 5.31.